The minimum Gasteiger partial charge on any atom is -0.324 e. The van der Waals surface area contributed by atoms with Gasteiger partial charge >= 0.3 is 0 Å². The predicted molar refractivity (Wildman–Crippen MR) is 125 cm³/mol. The van der Waals surface area contributed by atoms with Crippen LogP contribution in [-0.4, -0.2) is 42.3 Å². The van der Waals surface area contributed by atoms with Crippen LogP contribution in [0.15, 0.2) is 65.5 Å². The number of carbonyl (C=O) groups is 2. The summed E-state index contributed by atoms with van der Waals surface area (Å²) in [5.41, 5.74) is 2.53. The van der Waals surface area contributed by atoms with Crippen LogP contribution in [0.1, 0.15) is 5.56 Å². The Labute approximate surface area is 192 Å². The van der Waals surface area contributed by atoms with Gasteiger partial charge in [-0.25, -0.2) is 14.6 Å². The van der Waals surface area contributed by atoms with Gasteiger partial charge in [0.2, 0.25) is 11.8 Å². The molecule has 2 N–H and O–H groups in total. The first-order valence-electron chi connectivity index (χ1n) is 9.61. The summed E-state index contributed by atoms with van der Waals surface area (Å²) in [6.45, 7) is 1.92. The maximum Gasteiger partial charge on any atom is 0.246 e. The number of amides is 2. The number of anilines is 2. The van der Waals surface area contributed by atoms with Gasteiger partial charge in [0.05, 0.1) is 5.75 Å². The van der Waals surface area contributed by atoms with Gasteiger partial charge in [0, 0.05) is 35.2 Å². The SMILES string of the molecule is Cc1cccc(NC(=O)Cn2nc(-c3ccncc3)nc2SCC(=O)Nc2nccs2)c1. The number of aromatic nitrogens is 5. The van der Waals surface area contributed by atoms with Gasteiger partial charge in [-0.2, -0.15) is 0 Å². The molecular weight excluding hydrogens is 446 g/mol. The summed E-state index contributed by atoms with van der Waals surface area (Å²) in [7, 11) is 0. The fourth-order valence-corrected chi connectivity index (χ4v) is 4.07. The molecule has 0 aliphatic heterocycles. The summed E-state index contributed by atoms with van der Waals surface area (Å²) in [6, 6.07) is 11.1. The van der Waals surface area contributed by atoms with Crippen LogP contribution >= 0.6 is 23.1 Å². The van der Waals surface area contributed by atoms with Crippen molar-refractivity contribution >= 4 is 45.7 Å². The van der Waals surface area contributed by atoms with Crippen molar-refractivity contribution in [3.8, 4) is 11.4 Å². The van der Waals surface area contributed by atoms with Gasteiger partial charge in [0.1, 0.15) is 6.54 Å². The van der Waals surface area contributed by atoms with E-state index in [1.165, 1.54) is 27.8 Å². The monoisotopic (exact) mass is 465 g/mol. The Balaban J connectivity index is 1.49. The van der Waals surface area contributed by atoms with Crippen molar-refractivity contribution in [2.24, 2.45) is 0 Å². The van der Waals surface area contributed by atoms with Gasteiger partial charge in [-0.05, 0) is 36.8 Å². The molecule has 4 aromatic rings. The standard InChI is InChI=1S/C21H19N7O2S2/c1-14-3-2-4-16(11-14)24-17(29)12-28-21(26-19(27-28)15-5-7-22-8-6-15)32-13-18(30)25-20-23-9-10-31-20/h2-11H,12-13H2,1H3,(H,24,29)(H,23,25,30). The zero-order chi connectivity index (χ0) is 22.3. The number of benzene rings is 1. The van der Waals surface area contributed by atoms with E-state index in [0.29, 0.717) is 21.8 Å². The summed E-state index contributed by atoms with van der Waals surface area (Å²) in [5.74, 6) is 0.108. The molecule has 4 rings (SSSR count). The van der Waals surface area contributed by atoms with Gasteiger partial charge < -0.3 is 10.6 Å². The molecule has 0 unspecified atom stereocenters. The lowest BCUT2D eigenvalue weighted by atomic mass is 10.2. The number of carbonyl (C=O) groups excluding carboxylic acids is 2. The third-order valence-electron chi connectivity index (χ3n) is 4.18. The number of pyridine rings is 1. The molecular formula is C21H19N7O2S2. The summed E-state index contributed by atoms with van der Waals surface area (Å²) >= 11 is 2.55. The second-order valence-corrected chi connectivity index (χ2v) is 8.54. The molecule has 0 atom stereocenters. The predicted octanol–water partition coefficient (Wildman–Crippen LogP) is 3.47. The van der Waals surface area contributed by atoms with Crippen LogP contribution in [0.3, 0.4) is 0 Å². The number of aryl methyl sites for hydroxylation is 1. The molecule has 0 aliphatic rings. The van der Waals surface area contributed by atoms with Crippen LogP contribution in [-0.2, 0) is 16.1 Å². The molecule has 1 aromatic carbocycles. The molecule has 0 spiro atoms. The first-order valence-corrected chi connectivity index (χ1v) is 11.5. The Morgan fingerprint density at radius 1 is 1.09 bits per heavy atom. The molecule has 11 heteroatoms. The first-order chi connectivity index (χ1) is 15.6. The Hall–Kier alpha value is -3.57. The average molecular weight is 466 g/mol. The number of nitrogens with one attached hydrogen (secondary N) is 2. The topological polar surface area (TPSA) is 115 Å². The Morgan fingerprint density at radius 2 is 1.94 bits per heavy atom. The lowest BCUT2D eigenvalue weighted by molar-refractivity contribution is -0.117. The summed E-state index contributed by atoms with van der Waals surface area (Å²) in [4.78, 5) is 37.5. The second kappa shape index (κ2) is 10.2. The fourth-order valence-electron chi connectivity index (χ4n) is 2.79. The van der Waals surface area contributed by atoms with Crippen molar-refractivity contribution in [2.75, 3.05) is 16.4 Å². The number of nitrogens with zero attached hydrogens (tertiary/aromatic N) is 5. The van der Waals surface area contributed by atoms with Crippen LogP contribution < -0.4 is 10.6 Å². The van der Waals surface area contributed by atoms with E-state index in [9.17, 15) is 9.59 Å². The van der Waals surface area contributed by atoms with Gasteiger partial charge in [-0.1, -0.05) is 23.9 Å². The lowest BCUT2D eigenvalue weighted by Crippen LogP contribution is -2.20. The number of thiazole rings is 1. The highest BCUT2D eigenvalue weighted by molar-refractivity contribution is 7.99. The molecule has 0 saturated carbocycles. The fraction of sp³-hybridized carbons (Fsp3) is 0.143. The molecule has 9 nitrogen and oxygen atoms in total. The van der Waals surface area contributed by atoms with Crippen molar-refractivity contribution < 1.29 is 9.59 Å². The highest BCUT2D eigenvalue weighted by Gasteiger charge is 2.17. The molecule has 0 radical (unpaired) electrons. The quantitative estimate of drug-likeness (QED) is 0.383. The minimum atomic E-state index is -0.240. The highest BCUT2D eigenvalue weighted by atomic mass is 32.2. The van der Waals surface area contributed by atoms with Crippen molar-refractivity contribution in [2.45, 2.75) is 18.6 Å². The van der Waals surface area contributed by atoms with Crippen LogP contribution in [0.5, 0.6) is 0 Å². The van der Waals surface area contributed by atoms with Gasteiger partial charge in [0.25, 0.3) is 0 Å². The third-order valence-corrected chi connectivity index (χ3v) is 5.84. The smallest absolute Gasteiger partial charge is 0.246 e. The molecule has 0 bridgehead atoms. The van der Waals surface area contributed by atoms with E-state index in [1.54, 1.807) is 36.1 Å². The Kier molecular flexibility index (Phi) is 6.87. The molecule has 0 aliphatic carbocycles. The van der Waals surface area contributed by atoms with E-state index in [1.807, 2.05) is 31.2 Å². The molecule has 3 aromatic heterocycles. The molecule has 2 amide bonds. The molecule has 3 heterocycles. The van der Waals surface area contributed by atoms with Gasteiger partial charge in [-0.15, -0.1) is 16.4 Å². The third kappa shape index (κ3) is 5.77. The molecule has 0 saturated heterocycles. The summed E-state index contributed by atoms with van der Waals surface area (Å²) < 4.78 is 1.50. The van der Waals surface area contributed by atoms with Crippen molar-refractivity contribution in [1.29, 1.82) is 0 Å². The number of thioether (sulfide) groups is 1. The van der Waals surface area contributed by atoms with Crippen LogP contribution in [0.4, 0.5) is 10.8 Å². The van der Waals surface area contributed by atoms with Crippen LogP contribution in [0, 0.1) is 6.92 Å². The van der Waals surface area contributed by atoms with E-state index in [-0.39, 0.29) is 24.1 Å². The zero-order valence-corrected chi connectivity index (χ0v) is 18.7. The van der Waals surface area contributed by atoms with Crippen molar-refractivity contribution in [3.63, 3.8) is 0 Å². The maximum absolute atomic E-state index is 12.6. The number of hydrogen-bond acceptors (Lipinski definition) is 8. The van der Waals surface area contributed by atoms with Crippen LogP contribution in [0.25, 0.3) is 11.4 Å². The molecule has 162 valence electrons. The second-order valence-electron chi connectivity index (χ2n) is 6.70. The summed E-state index contributed by atoms with van der Waals surface area (Å²) in [6.07, 6.45) is 4.92. The largest absolute Gasteiger partial charge is 0.324 e. The highest BCUT2D eigenvalue weighted by Crippen LogP contribution is 2.22. The van der Waals surface area contributed by atoms with Gasteiger partial charge in [-0.3, -0.25) is 14.6 Å². The Morgan fingerprint density at radius 3 is 2.69 bits per heavy atom. The van der Waals surface area contributed by atoms with Gasteiger partial charge in [0.15, 0.2) is 16.1 Å². The van der Waals surface area contributed by atoms with E-state index in [0.717, 1.165) is 11.1 Å². The van der Waals surface area contributed by atoms with Crippen molar-refractivity contribution in [3.05, 3.63) is 65.9 Å². The van der Waals surface area contributed by atoms with Crippen LogP contribution in [0.2, 0.25) is 0 Å². The molecule has 0 fully saturated rings. The van der Waals surface area contributed by atoms with E-state index < -0.39 is 0 Å². The lowest BCUT2D eigenvalue weighted by Gasteiger charge is -2.08. The normalized spacial score (nSPS) is 10.7. The summed E-state index contributed by atoms with van der Waals surface area (Å²) in [5, 5.41) is 12.9. The van der Waals surface area contributed by atoms with E-state index >= 15 is 0 Å². The number of rotatable bonds is 8. The minimum absolute atomic E-state index is 0.0392. The maximum atomic E-state index is 12.6. The number of hydrogen-bond donors (Lipinski definition) is 2. The Bertz CT molecular complexity index is 1210. The average Bonchev–Trinajstić information content (AvgIpc) is 3.43. The molecule has 32 heavy (non-hydrogen) atoms. The van der Waals surface area contributed by atoms with E-state index in [2.05, 4.69) is 30.7 Å². The van der Waals surface area contributed by atoms with Crippen molar-refractivity contribution in [1.82, 2.24) is 24.7 Å². The zero-order valence-electron chi connectivity index (χ0n) is 17.1. The first kappa shape index (κ1) is 21.7. The van der Waals surface area contributed by atoms with E-state index in [4.69, 9.17) is 0 Å².